The van der Waals surface area contributed by atoms with Crippen molar-refractivity contribution in [2.45, 2.75) is 93.9 Å². The Balaban J connectivity index is 0.000000227. The zero-order chi connectivity index (χ0) is 43.0. The largest absolute Gasteiger partial charge is 0.357 e. The molecule has 0 saturated heterocycles. The number of pyridine rings is 2. The summed E-state index contributed by atoms with van der Waals surface area (Å²) in [5, 5.41) is 12.6. The first-order valence-electron chi connectivity index (χ1n) is 20.0. The third-order valence-corrected chi connectivity index (χ3v) is 9.83. The second kappa shape index (κ2) is 19.5. The summed E-state index contributed by atoms with van der Waals surface area (Å²) >= 11 is 0. The van der Waals surface area contributed by atoms with Crippen molar-refractivity contribution in [1.29, 1.82) is 0 Å². The Labute approximate surface area is 344 Å². The van der Waals surface area contributed by atoms with Crippen LogP contribution in [0.1, 0.15) is 94.6 Å². The summed E-state index contributed by atoms with van der Waals surface area (Å²) in [5.41, 5.74) is 7.92. The molecule has 0 fully saturated rings. The number of hydrogen-bond donors (Lipinski definition) is 4. The Bertz CT molecular complexity index is 2490. The van der Waals surface area contributed by atoms with Crippen LogP contribution in [0.15, 0.2) is 48.8 Å². The van der Waals surface area contributed by atoms with Gasteiger partial charge in [-0.1, -0.05) is 53.9 Å². The van der Waals surface area contributed by atoms with Crippen LogP contribution in [-0.2, 0) is 4.79 Å². The van der Waals surface area contributed by atoms with E-state index in [4.69, 9.17) is 0 Å². The van der Waals surface area contributed by atoms with Crippen LogP contribution in [0, 0.1) is 45.2 Å². The maximum absolute atomic E-state index is 14.6. The lowest BCUT2D eigenvalue weighted by molar-refractivity contribution is -0.118. The Morgan fingerprint density at radius 2 is 1.20 bits per heavy atom. The molecule has 4 heterocycles. The van der Waals surface area contributed by atoms with Crippen LogP contribution in [0.3, 0.4) is 0 Å². The standard InChI is InChI=1S/C25H32FN5O.C20H22FN5O/c1-6-7-8-9-10-27-25(32)30-22-13-19(16(4)11-21(22)26)20-12-18-14-28-23(15(2)3)31-24(18)29-17(20)5;1-10(2)19(27)25-17-8-14(11(3)6-16(17)21)15-7-13-9-23-20(22-5)26-18(13)24-12(15)4/h11-15H,6-10H2,1-5H3,(H2,27,30,32);6-10H,1-5H3,(H,25,27)(H,22,23,24,26). The van der Waals surface area contributed by atoms with E-state index >= 15 is 0 Å². The Morgan fingerprint density at radius 3 is 1.73 bits per heavy atom. The van der Waals surface area contributed by atoms with Crippen LogP contribution in [0.25, 0.3) is 44.3 Å². The zero-order valence-corrected chi connectivity index (χ0v) is 35.6. The van der Waals surface area contributed by atoms with Crippen LogP contribution < -0.4 is 21.3 Å². The van der Waals surface area contributed by atoms with Crippen LogP contribution in [0.5, 0.6) is 0 Å². The predicted octanol–water partition coefficient (Wildman–Crippen LogP) is 10.4. The van der Waals surface area contributed by atoms with Crippen molar-refractivity contribution in [3.63, 3.8) is 0 Å². The molecule has 6 rings (SSSR count). The highest BCUT2D eigenvalue weighted by atomic mass is 19.1. The minimum atomic E-state index is -0.469. The number of carbonyl (C=O) groups is 2. The summed E-state index contributed by atoms with van der Waals surface area (Å²) in [6.45, 7) is 17.8. The molecule has 0 saturated carbocycles. The maximum atomic E-state index is 14.6. The van der Waals surface area contributed by atoms with Crippen molar-refractivity contribution in [2.24, 2.45) is 5.92 Å². The topological polar surface area (TPSA) is 160 Å². The average molecular weight is 805 g/mol. The summed E-state index contributed by atoms with van der Waals surface area (Å²) in [5.74, 6) is 0.0668. The monoisotopic (exact) mass is 804 g/mol. The highest BCUT2D eigenvalue weighted by Crippen LogP contribution is 2.34. The molecule has 4 N–H and O–H groups in total. The molecule has 0 bridgehead atoms. The SMILES string of the molecule is CCCCCCNC(=O)Nc1cc(-c2cc3cnc(C(C)C)nc3nc2C)c(C)cc1F.CNc1ncc2cc(-c3cc(NC(=O)C(C)C)c(F)cc3C)c(C)nc2n1. The molecule has 0 radical (unpaired) electrons. The number of benzene rings is 2. The molecule has 0 aliphatic rings. The van der Waals surface area contributed by atoms with Gasteiger partial charge in [0.05, 0.1) is 11.4 Å². The van der Waals surface area contributed by atoms with Gasteiger partial charge in [0, 0.05) is 71.1 Å². The smallest absolute Gasteiger partial charge is 0.319 e. The number of hydrogen-bond acceptors (Lipinski definition) is 9. The number of nitrogens with zero attached hydrogens (tertiary/aromatic N) is 6. The average Bonchev–Trinajstić information content (AvgIpc) is 3.19. The number of halogens is 2. The second-order valence-electron chi connectivity index (χ2n) is 15.3. The van der Waals surface area contributed by atoms with E-state index in [0.717, 1.165) is 87.0 Å². The first-order valence-corrected chi connectivity index (χ1v) is 20.0. The number of aryl methyl sites for hydroxylation is 4. The maximum Gasteiger partial charge on any atom is 0.319 e. The van der Waals surface area contributed by atoms with Gasteiger partial charge in [0.2, 0.25) is 11.9 Å². The van der Waals surface area contributed by atoms with Gasteiger partial charge in [-0.25, -0.2) is 38.5 Å². The minimum absolute atomic E-state index is 0.141. The number of anilines is 3. The van der Waals surface area contributed by atoms with E-state index in [2.05, 4.69) is 58.1 Å². The molecule has 59 heavy (non-hydrogen) atoms. The lowest BCUT2D eigenvalue weighted by Gasteiger charge is -2.15. The summed E-state index contributed by atoms with van der Waals surface area (Å²) < 4.78 is 28.9. The molecule has 0 aliphatic heterocycles. The Kier molecular flexibility index (Phi) is 14.5. The highest BCUT2D eigenvalue weighted by molar-refractivity contribution is 5.94. The fourth-order valence-corrected chi connectivity index (χ4v) is 6.38. The number of urea groups is 1. The molecule has 0 atom stereocenters. The Morgan fingerprint density at radius 1 is 0.661 bits per heavy atom. The van der Waals surface area contributed by atoms with Gasteiger partial charge in [-0.15, -0.1) is 0 Å². The van der Waals surface area contributed by atoms with Crippen molar-refractivity contribution in [3.05, 3.63) is 88.8 Å². The lowest BCUT2D eigenvalue weighted by atomic mass is 9.97. The third kappa shape index (κ3) is 10.9. The molecule has 0 unspecified atom stereocenters. The third-order valence-electron chi connectivity index (χ3n) is 9.83. The van der Waals surface area contributed by atoms with Gasteiger partial charge < -0.3 is 21.3 Å². The van der Waals surface area contributed by atoms with Crippen molar-refractivity contribution in [1.82, 2.24) is 35.2 Å². The summed E-state index contributed by atoms with van der Waals surface area (Å²) in [4.78, 5) is 51.0. The second-order valence-corrected chi connectivity index (χ2v) is 15.3. The fraction of sp³-hybridized carbons (Fsp3) is 0.378. The molecular formula is C45H54F2N10O2. The number of carbonyl (C=O) groups excluding carboxylic acids is 2. The fourth-order valence-electron chi connectivity index (χ4n) is 6.38. The van der Waals surface area contributed by atoms with E-state index in [0.29, 0.717) is 23.8 Å². The first kappa shape index (κ1) is 43.9. The van der Waals surface area contributed by atoms with Crippen molar-refractivity contribution in [3.8, 4) is 22.3 Å². The van der Waals surface area contributed by atoms with E-state index in [-0.39, 0.29) is 29.1 Å². The van der Waals surface area contributed by atoms with Gasteiger partial charge in [0.15, 0.2) is 11.3 Å². The molecule has 3 amide bonds. The molecule has 0 spiro atoms. The molecule has 12 nitrogen and oxygen atoms in total. The van der Waals surface area contributed by atoms with Gasteiger partial charge in [0.1, 0.15) is 17.5 Å². The molecule has 6 aromatic rings. The van der Waals surface area contributed by atoms with Gasteiger partial charge in [0.25, 0.3) is 0 Å². The van der Waals surface area contributed by atoms with Crippen LogP contribution in [0.4, 0.5) is 30.9 Å². The number of nitrogens with one attached hydrogen (secondary N) is 4. The quantitative estimate of drug-likeness (QED) is 0.0883. The molecule has 14 heteroatoms. The van der Waals surface area contributed by atoms with Crippen molar-refractivity contribution < 1.29 is 18.4 Å². The number of unbranched alkanes of at least 4 members (excludes halogenated alkanes) is 3. The van der Waals surface area contributed by atoms with E-state index in [1.807, 2.05) is 53.7 Å². The van der Waals surface area contributed by atoms with E-state index in [1.165, 1.54) is 12.1 Å². The van der Waals surface area contributed by atoms with Gasteiger partial charge in [-0.05, 0) is 92.8 Å². The van der Waals surface area contributed by atoms with Crippen molar-refractivity contribution in [2.75, 3.05) is 29.5 Å². The van der Waals surface area contributed by atoms with E-state index < -0.39 is 17.7 Å². The summed E-state index contributed by atoms with van der Waals surface area (Å²) in [6, 6.07) is 9.69. The number of aromatic nitrogens is 6. The number of fused-ring (bicyclic) bond motifs is 2. The first-order chi connectivity index (χ1) is 28.1. The highest BCUT2D eigenvalue weighted by Gasteiger charge is 2.18. The molecule has 2 aromatic carbocycles. The molecule has 4 aromatic heterocycles. The van der Waals surface area contributed by atoms with Gasteiger partial charge in [-0.3, -0.25) is 4.79 Å². The zero-order valence-electron chi connectivity index (χ0n) is 35.6. The summed E-state index contributed by atoms with van der Waals surface area (Å²) in [7, 11) is 1.75. The van der Waals surface area contributed by atoms with Crippen LogP contribution in [0.2, 0.25) is 0 Å². The van der Waals surface area contributed by atoms with E-state index in [9.17, 15) is 18.4 Å². The molecule has 310 valence electrons. The van der Waals surface area contributed by atoms with Gasteiger partial charge in [-0.2, -0.15) is 4.98 Å². The molecule has 0 aliphatic carbocycles. The summed E-state index contributed by atoms with van der Waals surface area (Å²) in [6.07, 6.45) is 7.73. The van der Waals surface area contributed by atoms with E-state index in [1.54, 1.807) is 45.4 Å². The molecular weight excluding hydrogens is 751 g/mol. The normalized spacial score (nSPS) is 11.2. The van der Waals surface area contributed by atoms with Crippen molar-refractivity contribution >= 4 is 51.3 Å². The van der Waals surface area contributed by atoms with Crippen LogP contribution >= 0.6 is 0 Å². The number of amides is 3. The Hall–Kier alpha value is -6.18. The lowest BCUT2D eigenvalue weighted by Crippen LogP contribution is -2.29. The van der Waals surface area contributed by atoms with Gasteiger partial charge >= 0.3 is 6.03 Å². The minimum Gasteiger partial charge on any atom is -0.357 e. The number of rotatable bonds is 12. The van der Waals surface area contributed by atoms with Crippen LogP contribution in [-0.4, -0.2) is 55.4 Å². The predicted molar refractivity (Wildman–Crippen MR) is 233 cm³/mol.